The number of hydrogen-bond donors (Lipinski definition) is 2. The van der Waals surface area contributed by atoms with E-state index in [1.165, 1.54) is 25.2 Å². The Morgan fingerprint density at radius 2 is 2.08 bits per heavy atom. The van der Waals surface area contributed by atoms with E-state index in [1.807, 2.05) is 0 Å². The lowest BCUT2D eigenvalue weighted by atomic mass is 10.2. The Morgan fingerprint density at radius 3 is 2.80 bits per heavy atom. The van der Waals surface area contributed by atoms with Gasteiger partial charge in [0.1, 0.15) is 6.33 Å². The fourth-order valence-corrected chi connectivity index (χ4v) is 2.65. The molecule has 0 aliphatic rings. The first-order valence-corrected chi connectivity index (χ1v) is 8.06. The van der Waals surface area contributed by atoms with Crippen molar-refractivity contribution in [2.24, 2.45) is 7.05 Å². The second-order valence-electron chi connectivity index (χ2n) is 4.74. The maximum absolute atomic E-state index is 12.4. The Hall–Kier alpha value is -2.83. The molecule has 2 heterocycles. The van der Waals surface area contributed by atoms with Gasteiger partial charge in [-0.25, -0.2) is 14.2 Å². The number of carbonyl (C=O) groups is 1. The molecule has 1 atom stereocenters. The number of imidazole rings is 1. The SMILES string of the molecule is Cn1nnc2c(C(=O)Nc3cccc(NS(=O)[O-])c3Cl)ncn2c1=O. The zero-order valence-corrected chi connectivity index (χ0v) is 14.0. The first-order valence-electron chi connectivity index (χ1n) is 6.61. The summed E-state index contributed by atoms with van der Waals surface area (Å²) in [5.74, 6) is -0.688. The molecule has 1 amide bonds. The molecule has 0 radical (unpaired) electrons. The van der Waals surface area contributed by atoms with Gasteiger partial charge in [-0.3, -0.25) is 9.00 Å². The van der Waals surface area contributed by atoms with E-state index in [1.54, 1.807) is 0 Å². The van der Waals surface area contributed by atoms with Crippen molar-refractivity contribution in [1.29, 1.82) is 0 Å². The lowest BCUT2D eigenvalue weighted by Crippen LogP contribution is -2.27. The van der Waals surface area contributed by atoms with Crippen LogP contribution in [0.3, 0.4) is 0 Å². The maximum Gasteiger partial charge on any atom is 0.352 e. The van der Waals surface area contributed by atoms with Crippen LogP contribution in [0, 0.1) is 0 Å². The highest BCUT2D eigenvalue weighted by atomic mass is 35.5. The Morgan fingerprint density at radius 1 is 1.36 bits per heavy atom. The summed E-state index contributed by atoms with van der Waals surface area (Å²) in [5, 5.41) is 9.85. The third kappa shape index (κ3) is 3.22. The van der Waals surface area contributed by atoms with Gasteiger partial charge >= 0.3 is 5.69 Å². The Balaban J connectivity index is 1.95. The maximum atomic E-state index is 12.4. The van der Waals surface area contributed by atoms with Crippen LogP contribution in [0.4, 0.5) is 11.4 Å². The third-order valence-corrected chi connectivity index (χ3v) is 3.95. The molecule has 0 saturated carbocycles. The van der Waals surface area contributed by atoms with Crippen LogP contribution in [0.25, 0.3) is 5.65 Å². The van der Waals surface area contributed by atoms with E-state index in [-0.39, 0.29) is 27.7 Å². The average Bonchev–Trinajstić information content (AvgIpc) is 2.99. The smallest absolute Gasteiger partial charge is 0.352 e. The van der Waals surface area contributed by atoms with Crippen LogP contribution in [0.2, 0.25) is 5.02 Å². The summed E-state index contributed by atoms with van der Waals surface area (Å²) < 4.78 is 25.6. The molecule has 0 fully saturated rings. The number of nitrogens with one attached hydrogen (secondary N) is 2. The number of nitrogens with zero attached hydrogens (tertiary/aromatic N) is 5. The highest BCUT2D eigenvalue weighted by molar-refractivity contribution is 7.80. The van der Waals surface area contributed by atoms with E-state index in [9.17, 15) is 18.4 Å². The number of aromatic nitrogens is 5. The topological polar surface area (TPSA) is 146 Å². The molecule has 0 spiro atoms. The van der Waals surface area contributed by atoms with Crippen molar-refractivity contribution < 1.29 is 13.6 Å². The quantitative estimate of drug-likeness (QED) is 0.600. The molecule has 0 saturated heterocycles. The number of anilines is 2. The number of benzene rings is 1. The second kappa shape index (κ2) is 6.58. The zero-order chi connectivity index (χ0) is 18.1. The number of fused-ring (bicyclic) bond motifs is 1. The zero-order valence-electron chi connectivity index (χ0n) is 12.5. The van der Waals surface area contributed by atoms with E-state index in [0.717, 1.165) is 15.4 Å². The minimum Gasteiger partial charge on any atom is -0.755 e. The molecule has 2 N–H and O–H groups in total. The molecule has 0 bridgehead atoms. The Bertz CT molecular complexity index is 1060. The normalized spacial score (nSPS) is 12.1. The van der Waals surface area contributed by atoms with Gasteiger partial charge in [0.05, 0.1) is 16.4 Å². The first-order chi connectivity index (χ1) is 11.9. The first kappa shape index (κ1) is 17.0. The summed E-state index contributed by atoms with van der Waals surface area (Å²) in [6.45, 7) is 0. The molecule has 2 aromatic heterocycles. The molecule has 0 aliphatic heterocycles. The molecule has 1 aromatic carbocycles. The van der Waals surface area contributed by atoms with E-state index in [4.69, 9.17) is 11.6 Å². The molecule has 13 heteroatoms. The van der Waals surface area contributed by atoms with E-state index >= 15 is 0 Å². The fraction of sp³-hybridized carbons (Fsp3) is 0.0833. The van der Waals surface area contributed by atoms with Gasteiger partial charge in [0.25, 0.3) is 5.91 Å². The number of hydrogen-bond acceptors (Lipinski definition) is 7. The number of halogens is 1. The fourth-order valence-electron chi connectivity index (χ4n) is 2.02. The number of amides is 1. The summed E-state index contributed by atoms with van der Waals surface area (Å²) in [7, 11) is 1.41. The van der Waals surface area contributed by atoms with Gasteiger partial charge in [-0.1, -0.05) is 22.9 Å². The average molecular weight is 383 g/mol. The van der Waals surface area contributed by atoms with Crippen LogP contribution in [0.15, 0.2) is 29.3 Å². The lowest BCUT2D eigenvalue weighted by molar-refractivity contribution is 0.102. The summed E-state index contributed by atoms with van der Waals surface area (Å²) in [5.41, 5.74) is -0.423. The largest absolute Gasteiger partial charge is 0.755 e. The summed E-state index contributed by atoms with van der Waals surface area (Å²) in [6.07, 6.45) is 1.15. The highest BCUT2D eigenvalue weighted by Crippen LogP contribution is 2.30. The van der Waals surface area contributed by atoms with Crippen molar-refractivity contribution in [3.63, 3.8) is 0 Å². The number of rotatable bonds is 4. The Labute approximate surface area is 147 Å². The van der Waals surface area contributed by atoms with Gasteiger partial charge in [0, 0.05) is 18.3 Å². The van der Waals surface area contributed by atoms with Crippen LogP contribution in [0.1, 0.15) is 10.5 Å². The summed E-state index contributed by atoms with van der Waals surface area (Å²) in [4.78, 5) is 28.2. The molecule has 3 rings (SSSR count). The molecule has 25 heavy (non-hydrogen) atoms. The summed E-state index contributed by atoms with van der Waals surface area (Å²) >= 11 is 3.50. The third-order valence-electron chi connectivity index (χ3n) is 3.15. The van der Waals surface area contributed by atoms with Crippen LogP contribution >= 0.6 is 11.6 Å². The number of aryl methyl sites for hydroxylation is 1. The molecular weight excluding hydrogens is 374 g/mol. The van der Waals surface area contributed by atoms with Crippen molar-refractivity contribution in [3.05, 3.63) is 45.7 Å². The van der Waals surface area contributed by atoms with Crippen LogP contribution < -0.4 is 15.7 Å². The van der Waals surface area contributed by atoms with Crippen molar-refractivity contribution >= 4 is 45.8 Å². The lowest BCUT2D eigenvalue weighted by Gasteiger charge is -2.13. The molecule has 3 aromatic rings. The van der Waals surface area contributed by atoms with Gasteiger partial charge in [-0.05, 0) is 12.1 Å². The van der Waals surface area contributed by atoms with E-state index in [2.05, 4.69) is 25.3 Å². The van der Waals surface area contributed by atoms with Crippen molar-refractivity contribution in [3.8, 4) is 0 Å². The van der Waals surface area contributed by atoms with Gasteiger partial charge < -0.3 is 14.6 Å². The van der Waals surface area contributed by atoms with Gasteiger partial charge in [0.15, 0.2) is 11.3 Å². The van der Waals surface area contributed by atoms with Gasteiger partial charge in [-0.15, -0.1) is 5.10 Å². The molecular formula is C12H9ClN7O4S-. The molecule has 1 unspecified atom stereocenters. The molecule has 11 nitrogen and oxygen atoms in total. The summed E-state index contributed by atoms with van der Waals surface area (Å²) in [6, 6.07) is 4.40. The van der Waals surface area contributed by atoms with Crippen molar-refractivity contribution in [1.82, 2.24) is 24.4 Å². The van der Waals surface area contributed by atoms with Crippen LogP contribution in [0.5, 0.6) is 0 Å². The van der Waals surface area contributed by atoms with E-state index < -0.39 is 22.9 Å². The standard InChI is InChI=1S/C12H10ClN7O4S/c1-19-12(22)20-5-14-9(10(20)16-18-19)11(21)15-6-3-2-4-7(8(6)13)17-25(23)24/h2-5,17H,1H3,(H,15,21)(H,23,24)/p-1. The predicted molar refractivity (Wildman–Crippen MR) is 88.0 cm³/mol. The number of carbonyl (C=O) groups excluding carboxylic acids is 1. The van der Waals surface area contributed by atoms with Crippen LogP contribution in [-0.2, 0) is 18.3 Å². The van der Waals surface area contributed by atoms with Gasteiger partial charge in [-0.2, -0.15) is 4.68 Å². The van der Waals surface area contributed by atoms with Crippen molar-refractivity contribution in [2.75, 3.05) is 10.0 Å². The molecule has 0 aliphatic carbocycles. The van der Waals surface area contributed by atoms with Crippen molar-refractivity contribution in [2.45, 2.75) is 0 Å². The predicted octanol–water partition coefficient (Wildman–Crippen LogP) is -0.0653. The van der Waals surface area contributed by atoms with E-state index in [0.29, 0.717) is 0 Å². The molecule has 130 valence electrons. The minimum absolute atomic E-state index is 0.00874. The van der Waals surface area contributed by atoms with Crippen LogP contribution in [-0.4, -0.2) is 39.0 Å². The monoisotopic (exact) mass is 382 g/mol. The highest BCUT2D eigenvalue weighted by Gasteiger charge is 2.18. The van der Waals surface area contributed by atoms with Gasteiger partial charge in [0.2, 0.25) is 0 Å². The minimum atomic E-state index is -2.57. The Kier molecular flexibility index (Phi) is 4.48. The second-order valence-corrected chi connectivity index (χ2v) is 5.79.